The minimum absolute atomic E-state index is 0.736. The van der Waals surface area contributed by atoms with Gasteiger partial charge in [-0.1, -0.05) is 18.2 Å². The first-order chi connectivity index (χ1) is 8.31. The van der Waals surface area contributed by atoms with Gasteiger partial charge < -0.3 is 4.98 Å². The molecule has 84 valence electrons. The number of benzene rings is 1. The van der Waals surface area contributed by atoms with Crippen LogP contribution in [0.4, 0.5) is 0 Å². The number of fused-ring (bicyclic) bond motifs is 1. The molecule has 0 saturated heterocycles. The Balaban J connectivity index is 1.92. The van der Waals surface area contributed by atoms with E-state index >= 15 is 0 Å². The summed E-state index contributed by atoms with van der Waals surface area (Å²) in [6, 6.07) is 10.3. The van der Waals surface area contributed by atoms with Gasteiger partial charge >= 0.3 is 0 Å². The Morgan fingerprint density at radius 1 is 1.12 bits per heavy atom. The smallest absolute Gasteiger partial charge is 0.193 e. The number of nitrogens with one attached hydrogen (secondary N) is 1. The van der Waals surface area contributed by atoms with Gasteiger partial charge in [0.1, 0.15) is 0 Å². The van der Waals surface area contributed by atoms with E-state index in [4.69, 9.17) is 0 Å². The third-order valence-corrected chi connectivity index (χ3v) is 3.55. The molecule has 0 unspecified atom stereocenters. The molecule has 3 rings (SSSR count). The average molecular weight is 306 g/mol. The minimum atomic E-state index is 0.736. The molecule has 0 bridgehead atoms. The number of nitrogens with zero attached hydrogens (tertiary/aromatic N) is 2. The Morgan fingerprint density at radius 2 is 1.88 bits per heavy atom. The van der Waals surface area contributed by atoms with E-state index in [1.807, 2.05) is 12.1 Å². The van der Waals surface area contributed by atoms with Crippen LogP contribution >= 0.6 is 27.7 Å². The van der Waals surface area contributed by atoms with Gasteiger partial charge in [-0.25, -0.2) is 9.97 Å². The second kappa shape index (κ2) is 4.50. The van der Waals surface area contributed by atoms with E-state index < -0.39 is 0 Å². The second-order valence-corrected chi connectivity index (χ2v) is 5.43. The van der Waals surface area contributed by atoms with Gasteiger partial charge in [-0.05, 0) is 39.8 Å². The lowest BCUT2D eigenvalue weighted by Gasteiger charge is -1.96. The summed E-state index contributed by atoms with van der Waals surface area (Å²) in [4.78, 5) is 11.8. The summed E-state index contributed by atoms with van der Waals surface area (Å²) in [5, 5.41) is 2.99. The molecule has 0 atom stereocenters. The van der Waals surface area contributed by atoms with Crippen LogP contribution in [0.1, 0.15) is 0 Å². The van der Waals surface area contributed by atoms with E-state index in [9.17, 15) is 0 Å². The number of halogens is 1. The van der Waals surface area contributed by atoms with Crippen molar-refractivity contribution in [1.29, 1.82) is 0 Å². The maximum absolute atomic E-state index is 4.23. The van der Waals surface area contributed by atoms with Gasteiger partial charge in [-0.3, -0.25) is 0 Å². The highest BCUT2D eigenvalue weighted by Crippen LogP contribution is 2.27. The highest BCUT2D eigenvalue weighted by molar-refractivity contribution is 9.10. The highest BCUT2D eigenvalue weighted by Gasteiger charge is 2.04. The first kappa shape index (κ1) is 10.8. The maximum Gasteiger partial charge on any atom is 0.193 e. The minimum Gasteiger partial charge on any atom is -0.349 e. The predicted molar refractivity (Wildman–Crippen MR) is 72.2 cm³/mol. The summed E-state index contributed by atoms with van der Waals surface area (Å²) in [5.74, 6) is 0. The van der Waals surface area contributed by atoms with E-state index in [0.29, 0.717) is 0 Å². The zero-order chi connectivity index (χ0) is 11.7. The Bertz CT molecular complexity index is 615. The summed E-state index contributed by atoms with van der Waals surface area (Å²) in [6.45, 7) is 0. The monoisotopic (exact) mass is 305 g/mol. The van der Waals surface area contributed by atoms with Crippen LogP contribution in [0.5, 0.6) is 0 Å². The van der Waals surface area contributed by atoms with Crippen LogP contribution in [0.25, 0.3) is 10.9 Å². The van der Waals surface area contributed by atoms with Crippen molar-refractivity contribution in [3.05, 3.63) is 47.2 Å². The summed E-state index contributed by atoms with van der Waals surface area (Å²) in [5.41, 5.74) is 1.13. The van der Waals surface area contributed by atoms with Gasteiger partial charge in [0, 0.05) is 23.3 Å². The molecule has 0 saturated carbocycles. The average Bonchev–Trinajstić information content (AvgIpc) is 2.74. The number of aromatic nitrogens is 3. The molecule has 17 heavy (non-hydrogen) atoms. The molecule has 0 spiro atoms. The first-order valence-electron chi connectivity index (χ1n) is 5.04. The molecule has 1 N–H and O–H groups in total. The van der Waals surface area contributed by atoms with Crippen molar-refractivity contribution < 1.29 is 0 Å². The molecule has 3 nitrogen and oxygen atoms in total. The molecule has 5 heteroatoms. The van der Waals surface area contributed by atoms with Gasteiger partial charge in [-0.15, -0.1) is 0 Å². The van der Waals surface area contributed by atoms with Crippen LogP contribution in [-0.2, 0) is 0 Å². The van der Waals surface area contributed by atoms with Gasteiger partial charge in [0.25, 0.3) is 0 Å². The van der Waals surface area contributed by atoms with E-state index in [-0.39, 0.29) is 0 Å². The molecule has 0 fully saturated rings. The van der Waals surface area contributed by atoms with Crippen molar-refractivity contribution in [1.82, 2.24) is 15.0 Å². The van der Waals surface area contributed by atoms with Gasteiger partial charge in [0.2, 0.25) is 0 Å². The molecule has 2 aromatic heterocycles. The van der Waals surface area contributed by atoms with Gasteiger partial charge in [-0.2, -0.15) is 0 Å². The van der Waals surface area contributed by atoms with Gasteiger partial charge in [0.05, 0.1) is 9.50 Å². The number of aromatic amines is 1. The molecule has 0 aliphatic carbocycles. The lowest BCUT2D eigenvalue weighted by Crippen LogP contribution is -1.84. The van der Waals surface area contributed by atoms with Crippen molar-refractivity contribution in [2.24, 2.45) is 0 Å². The highest BCUT2D eigenvalue weighted by atomic mass is 79.9. The fourth-order valence-corrected chi connectivity index (χ4v) is 2.51. The molecule has 0 aliphatic rings. The maximum atomic E-state index is 4.23. The van der Waals surface area contributed by atoms with Crippen LogP contribution in [0, 0.1) is 0 Å². The SMILES string of the molecule is Brc1cnc(Sc2cc3ccccc3[nH]2)nc1. The molecule has 1 aromatic carbocycles. The Morgan fingerprint density at radius 3 is 2.65 bits per heavy atom. The third-order valence-electron chi connectivity index (χ3n) is 2.30. The number of hydrogen-bond acceptors (Lipinski definition) is 3. The lowest BCUT2D eigenvalue weighted by molar-refractivity contribution is 0.955. The van der Waals surface area contributed by atoms with Crippen molar-refractivity contribution >= 4 is 38.6 Å². The molecule has 3 aromatic rings. The number of para-hydroxylation sites is 1. The summed E-state index contributed by atoms with van der Waals surface area (Å²) in [6.07, 6.45) is 3.50. The molecule has 2 heterocycles. The van der Waals surface area contributed by atoms with Gasteiger partial charge in [0.15, 0.2) is 5.16 Å². The van der Waals surface area contributed by atoms with E-state index in [1.165, 1.54) is 17.1 Å². The largest absolute Gasteiger partial charge is 0.349 e. The third kappa shape index (κ3) is 2.35. The van der Waals surface area contributed by atoms with Crippen LogP contribution in [0.2, 0.25) is 0 Å². The van der Waals surface area contributed by atoms with Crippen LogP contribution < -0.4 is 0 Å². The van der Waals surface area contributed by atoms with Crippen molar-refractivity contribution in [2.45, 2.75) is 10.2 Å². The first-order valence-corrected chi connectivity index (χ1v) is 6.65. The molecule has 0 amide bonds. The normalized spacial score (nSPS) is 10.9. The molecule has 0 radical (unpaired) electrons. The van der Waals surface area contributed by atoms with E-state index in [1.54, 1.807) is 12.4 Å². The number of hydrogen-bond donors (Lipinski definition) is 1. The second-order valence-electron chi connectivity index (χ2n) is 3.51. The zero-order valence-corrected chi connectivity index (χ0v) is 11.1. The summed E-state index contributed by atoms with van der Waals surface area (Å²) < 4.78 is 0.887. The summed E-state index contributed by atoms with van der Waals surface area (Å²) in [7, 11) is 0. The van der Waals surface area contributed by atoms with Crippen molar-refractivity contribution in [2.75, 3.05) is 0 Å². The fourth-order valence-electron chi connectivity index (χ4n) is 1.55. The van der Waals surface area contributed by atoms with Crippen LogP contribution in [0.3, 0.4) is 0 Å². The Kier molecular flexibility index (Phi) is 2.86. The zero-order valence-electron chi connectivity index (χ0n) is 8.72. The lowest BCUT2D eigenvalue weighted by atomic mass is 10.3. The Hall–Kier alpha value is -1.33. The molecular weight excluding hydrogens is 298 g/mol. The number of rotatable bonds is 2. The predicted octanol–water partition coefficient (Wildman–Crippen LogP) is 3.87. The van der Waals surface area contributed by atoms with Crippen LogP contribution in [0.15, 0.2) is 57.4 Å². The van der Waals surface area contributed by atoms with Crippen molar-refractivity contribution in [3.8, 4) is 0 Å². The Labute approximate surface area is 111 Å². The quantitative estimate of drug-likeness (QED) is 0.731. The van der Waals surface area contributed by atoms with E-state index in [0.717, 1.165) is 20.2 Å². The standard InChI is InChI=1S/C12H8BrN3S/c13-9-6-14-12(15-7-9)17-11-5-8-3-1-2-4-10(8)16-11/h1-7,16H. The molecule has 0 aliphatic heterocycles. The topological polar surface area (TPSA) is 41.6 Å². The summed E-state index contributed by atoms with van der Waals surface area (Å²) >= 11 is 4.84. The fraction of sp³-hybridized carbons (Fsp3) is 0. The van der Waals surface area contributed by atoms with E-state index in [2.05, 4.69) is 49.1 Å². The van der Waals surface area contributed by atoms with Crippen molar-refractivity contribution in [3.63, 3.8) is 0 Å². The van der Waals surface area contributed by atoms with Crippen LogP contribution in [-0.4, -0.2) is 15.0 Å². The number of H-pyrrole nitrogens is 1. The molecular formula is C12H8BrN3S.